The van der Waals surface area contributed by atoms with Crippen molar-refractivity contribution < 1.29 is 14.1 Å². The second kappa shape index (κ2) is 9.03. The first-order valence-electron chi connectivity index (χ1n) is 9.09. The van der Waals surface area contributed by atoms with E-state index in [9.17, 15) is 4.79 Å². The van der Waals surface area contributed by atoms with Gasteiger partial charge in [-0.15, -0.1) is 0 Å². The number of carbonyl (C=O) groups is 1. The minimum absolute atomic E-state index is 0.185. The molecule has 0 aliphatic rings. The molecule has 1 heterocycles. The van der Waals surface area contributed by atoms with Crippen LogP contribution in [0.5, 0.6) is 5.75 Å². The summed E-state index contributed by atoms with van der Waals surface area (Å²) in [5.74, 6) is 1.70. The summed E-state index contributed by atoms with van der Waals surface area (Å²) in [5.41, 5.74) is 3.03. The van der Waals surface area contributed by atoms with E-state index in [0.29, 0.717) is 24.7 Å². The van der Waals surface area contributed by atoms with E-state index in [4.69, 9.17) is 9.26 Å². The first-order chi connectivity index (χ1) is 13.5. The number of likely N-dealkylation sites (N-methyl/N-ethyl adjacent to an activating group) is 1. The van der Waals surface area contributed by atoms with E-state index < -0.39 is 0 Å². The zero-order valence-corrected chi connectivity index (χ0v) is 16.3. The number of ether oxygens (including phenoxy) is 1. The van der Waals surface area contributed by atoms with Crippen molar-refractivity contribution in [3.63, 3.8) is 0 Å². The summed E-state index contributed by atoms with van der Waals surface area (Å²) < 4.78 is 10.9. The number of hydrogen-bond donors (Lipinski definition) is 1. The Hall–Kier alpha value is -3.35. The lowest BCUT2D eigenvalue weighted by Gasteiger charge is -2.17. The molecule has 3 aromatic rings. The maximum Gasteiger partial charge on any atom is 0.321 e. The molecule has 0 aliphatic heterocycles. The van der Waals surface area contributed by atoms with Crippen molar-refractivity contribution in [3.05, 3.63) is 71.4 Å². The number of hydrogen-bond acceptors (Lipinski definition) is 5. The summed E-state index contributed by atoms with van der Waals surface area (Å²) >= 11 is 0. The molecule has 2 aromatic carbocycles. The normalized spacial score (nSPS) is 10.5. The highest BCUT2D eigenvalue weighted by Gasteiger charge is 2.12. The summed E-state index contributed by atoms with van der Waals surface area (Å²) in [7, 11) is 1.73. The van der Waals surface area contributed by atoms with Crippen LogP contribution < -0.4 is 10.1 Å². The third kappa shape index (κ3) is 5.57. The molecule has 0 spiro atoms. The lowest BCUT2D eigenvalue weighted by molar-refractivity contribution is 0.222. The third-order valence-corrected chi connectivity index (χ3v) is 4.18. The van der Waals surface area contributed by atoms with Gasteiger partial charge in [0.15, 0.2) is 12.4 Å². The lowest BCUT2D eigenvalue weighted by Crippen LogP contribution is -2.33. The number of aromatic nitrogens is 2. The van der Waals surface area contributed by atoms with E-state index in [1.807, 2.05) is 62.4 Å². The Labute approximate surface area is 164 Å². The Morgan fingerprint density at radius 2 is 1.93 bits per heavy atom. The quantitative estimate of drug-likeness (QED) is 0.671. The van der Waals surface area contributed by atoms with Crippen molar-refractivity contribution in [1.29, 1.82) is 0 Å². The highest BCUT2D eigenvalue weighted by molar-refractivity contribution is 5.89. The molecule has 7 heteroatoms. The molecule has 1 aromatic heterocycles. The predicted molar refractivity (Wildman–Crippen MR) is 106 cm³/mol. The van der Waals surface area contributed by atoms with Gasteiger partial charge in [-0.2, -0.15) is 4.98 Å². The number of aryl methyl sites for hydroxylation is 2. The second-order valence-electron chi connectivity index (χ2n) is 6.68. The summed E-state index contributed by atoms with van der Waals surface area (Å²) in [6.45, 7) is 4.68. The fourth-order valence-electron chi connectivity index (χ4n) is 2.53. The van der Waals surface area contributed by atoms with Crippen LogP contribution in [0.4, 0.5) is 10.5 Å². The van der Waals surface area contributed by atoms with Crippen LogP contribution in [0.25, 0.3) is 0 Å². The van der Waals surface area contributed by atoms with Crippen molar-refractivity contribution in [2.24, 2.45) is 0 Å². The summed E-state index contributed by atoms with van der Waals surface area (Å²) in [5, 5.41) is 6.80. The van der Waals surface area contributed by atoms with Gasteiger partial charge >= 0.3 is 6.03 Å². The van der Waals surface area contributed by atoms with Gasteiger partial charge in [-0.3, -0.25) is 0 Å². The van der Waals surface area contributed by atoms with Gasteiger partial charge < -0.3 is 19.5 Å². The van der Waals surface area contributed by atoms with Crippen LogP contribution in [0, 0.1) is 13.8 Å². The molecule has 0 atom stereocenters. The van der Waals surface area contributed by atoms with E-state index in [1.165, 1.54) is 0 Å². The molecular formula is C21H24N4O3. The van der Waals surface area contributed by atoms with Gasteiger partial charge in [-0.1, -0.05) is 35.0 Å². The number of anilines is 1. The van der Waals surface area contributed by atoms with Crippen LogP contribution in [0.2, 0.25) is 0 Å². The Balaban J connectivity index is 1.45. The first kappa shape index (κ1) is 19.4. The summed E-state index contributed by atoms with van der Waals surface area (Å²) in [4.78, 5) is 18.1. The fraction of sp³-hybridized carbons (Fsp3) is 0.286. The molecule has 28 heavy (non-hydrogen) atoms. The number of rotatable bonds is 7. The zero-order valence-electron chi connectivity index (χ0n) is 16.3. The smallest absolute Gasteiger partial charge is 0.321 e. The van der Waals surface area contributed by atoms with Gasteiger partial charge in [0.2, 0.25) is 0 Å². The van der Waals surface area contributed by atoms with Crippen molar-refractivity contribution in [2.75, 3.05) is 18.9 Å². The molecule has 0 aliphatic carbocycles. The molecule has 0 bridgehead atoms. The number of carbonyl (C=O) groups excluding carboxylic acids is 1. The van der Waals surface area contributed by atoms with Crippen LogP contribution >= 0.6 is 0 Å². The average molecular weight is 380 g/mol. The van der Waals surface area contributed by atoms with E-state index in [2.05, 4.69) is 15.5 Å². The highest BCUT2D eigenvalue weighted by atomic mass is 16.5. The molecule has 2 amide bonds. The number of nitrogens with zero attached hydrogens (tertiary/aromatic N) is 3. The average Bonchev–Trinajstić information content (AvgIpc) is 3.14. The molecule has 0 saturated carbocycles. The molecule has 0 saturated heterocycles. The van der Waals surface area contributed by atoms with Crippen molar-refractivity contribution >= 4 is 11.7 Å². The molecule has 7 nitrogen and oxygen atoms in total. The number of nitrogens with one attached hydrogen (secondary N) is 1. The van der Waals surface area contributed by atoms with Gasteiger partial charge in [0, 0.05) is 25.7 Å². The van der Waals surface area contributed by atoms with Gasteiger partial charge in [-0.05, 0) is 43.7 Å². The van der Waals surface area contributed by atoms with E-state index in [-0.39, 0.29) is 12.6 Å². The van der Waals surface area contributed by atoms with E-state index in [0.717, 1.165) is 22.6 Å². The molecular weight excluding hydrogens is 356 g/mol. The van der Waals surface area contributed by atoms with Crippen LogP contribution in [-0.2, 0) is 13.0 Å². The maximum atomic E-state index is 12.2. The second-order valence-corrected chi connectivity index (χ2v) is 6.68. The van der Waals surface area contributed by atoms with Crippen LogP contribution in [0.1, 0.15) is 22.8 Å². The van der Waals surface area contributed by atoms with Crippen molar-refractivity contribution in [2.45, 2.75) is 26.9 Å². The minimum Gasteiger partial charge on any atom is -0.484 e. The Morgan fingerprint density at radius 1 is 1.14 bits per heavy atom. The standard InChI is InChI=1S/C21H24N4O3/c1-15-7-9-17(10-8-15)22-21(26)25(3)12-11-19-23-20(28-24-19)14-27-18-6-4-5-16(2)13-18/h4-10,13H,11-12,14H2,1-3H3,(H,22,26). The van der Waals surface area contributed by atoms with Crippen LogP contribution in [0.15, 0.2) is 53.1 Å². The van der Waals surface area contributed by atoms with Gasteiger partial charge in [-0.25, -0.2) is 4.79 Å². The Kier molecular flexibility index (Phi) is 6.26. The van der Waals surface area contributed by atoms with Gasteiger partial charge in [0.1, 0.15) is 5.75 Å². The zero-order chi connectivity index (χ0) is 19.9. The maximum absolute atomic E-state index is 12.2. The first-order valence-corrected chi connectivity index (χ1v) is 9.09. The SMILES string of the molecule is Cc1ccc(NC(=O)N(C)CCc2noc(COc3cccc(C)c3)n2)cc1. The van der Waals surface area contributed by atoms with E-state index in [1.54, 1.807) is 11.9 Å². The predicted octanol–water partition coefficient (Wildman–Crippen LogP) is 3.97. The Morgan fingerprint density at radius 3 is 2.68 bits per heavy atom. The Bertz CT molecular complexity index is 921. The highest BCUT2D eigenvalue weighted by Crippen LogP contribution is 2.14. The third-order valence-electron chi connectivity index (χ3n) is 4.18. The molecule has 3 rings (SSSR count). The lowest BCUT2D eigenvalue weighted by atomic mass is 10.2. The van der Waals surface area contributed by atoms with Gasteiger partial charge in [0.05, 0.1) is 0 Å². The van der Waals surface area contributed by atoms with Crippen LogP contribution in [0.3, 0.4) is 0 Å². The molecule has 0 fully saturated rings. The topological polar surface area (TPSA) is 80.5 Å². The van der Waals surface area contributed by atoms with Crippen molar-refractivity contribution in [1.82, 2.24) is 15.0 Å². The largest absolute Gasteiger partial charge is 0.484 e. The van der Waals surface area contributed by atoms with Crippen LogP contribution in [-0.4, -0.2) is 34.7 Å². The summed E-state index contributed by atoms with van der Waals surface area (Å²) in [6, 6.07) is 15.2. The summed E-state index contributed by atoms with van der Waals surface area (Å²) in [6.07, 6.45) is 0.492. The number of benzene rings is 2. The molecule has 146 valence electrons. The minimum atomic E-state index is -0.185. The number of amides is 2. The fourth-order valence-corrected chi connectivity index (χ4v) is 2.53. The van der Waals surface area contributed by atoms with Crippen molar-refractivity contribution in [3.8, 4) is 5.75 Å². The monoisotopic (exact) mass is 380 g/mol. The molecule has 1 N–H and O–H groups in total. The molecule has 0 radical (unpaired) electrons. The number of urea groups is 1. The van der Waals surface area contributed by atoms with E-state index >= 15 is 0 Å². The molecule has 0 unspecified atom stereocenters. The van der Waals surface area contributed by atoms with Gasteiger partial charge in [0.25, 0.3) is 5.89 Å².